The second kappa shape index (κ2) is 5.33. The quantitative estimate of drug-likeness (QED) is 0.803. The summed E-state index contributed by atoms with van der Waals surface area (Å²) < 4.78 is 29.4. The first-order chi connectivity index (χ1) is 8.24. The van der Waals surface area contributed by atoms with Gasteiger partial charge in [0.05, 0.1) is 6.61 Å². The van der Waals surface area contributed by atoms with Crippen LogP contribution < -0.4 is 5.14 Å². The first kappa shape index (κ1) is 15.1. The van der Waals surface area contributed by atoms with Crippen molar-refractivity contribution in [3.63, 3.8) is 0 Å². The minimum atomic E-state index is -3.88. The Hall–Kier alpha value is -0.990. The highest BCUT2D eigenvalue weighted by atomic mass is 32.2. The minimum Gasteiger partial charge on any atom is -0.383 e. The van der Waals surface area contributed by atoms with Crippen LogP contribution >= 0.6 is 0 Å². The largest absolute Gasteiger partial charge is 0.383 e. The van der Waals surface area contributed by atoms with Crippen molar-refractivity contribution in [1.82, 2.24) is 14.8 Å². The zero-order valence-corrected chi connectivity index (χ0v) is 12.0. The number of methoxy groups -OCH3 is 1. The highest BCUT2D eigenvalue weighted by Gasteiger charge is 2.29. The van der Waals surface area contributed by atoms with Crippen molar-refractivity contribution in [2.24, 2.45) is 5.14 Å². The molecule has 1 aromatic rings. The molecule has 8 heteroatoms. The Morgan fingerprint density at radius 2 is 2.00 bits per heavy atom. The molecule has 1 heterocycles. The molecule has 0 saturated heterocycles. The average Bonchev–Trinajstić information content (AvgIpc) is 2.70. The molecule has 0 atom stereocenters. The molecule has 0 fully saturated rings. The van der Waals surface area contributed by atoms with Crippen LogP contribution in [0, 0.1) is 0 Å². The molecule has 0 saturated carbocycles. The van der Waals surface area contributed by atoms with Crippen molar-refractivity contribution >= 4 is 10.0 Å². The van der Waals surface area contributed by atoms with Crippen LogP contribution in [0.3, 0.4) is 0 Å². The van der Waals surface area contributed by atoms with Crippen LogP contribution in [0.15, 0.2) is 5.16 Å². The number of sulfonamides is 1. The van der Waals surface area contributed by atoms with Crippen LogP contribution in [0.5, 0.6) is 0 Å². The van der Waals surface area contributed by atoms with E-state index in [4.69, 9.17) is 9.88 Å². The van der Waals surface area contributed by atoms with E-state index >= 15 is 0 Å². The lowest BCUT2D eigenvalue weighted by atomic mass is 9.89. The van der Waals surface area contributed by atoms with Gasteiger partial charge < -0.3 is 4.74 Å². The van der Waals surface area contributed by atoms with Crippen LogP contribution in [0.1, 0.15) is 33.0 Å². The predicted molar refractivity (Wildman–Crippen MR) is 66.6 cm³/mol. The second-order valence-electron chi connectivity index (χ2n) is 4.73. The Morgan fingerprint density at radius 3 is 2.44 bits per heavy atom. The molecule has 0 aliphatic heterocycles. The number of hydrogen-bond donors (Lipinski definition) is 1. The van der Waals surface area contributed by atoms with E-state index in [0.29, 0.717) is 19.0 Å². The fourth-order valence-corrected chi connectivity index (χ4v) is 2.18. The second-order valence-corrected chi connectivity index (χ2v) is 6.19. The van der Waals surface area contributed by atoms with Gasteiger partial charge in [0.25, 0.3) is 15.2 Å². The summed E-state index contributed by atoms with van der Waals surface area (Å²) in [5, 5.41) is 12.6. The van der Waals surface area contributed by atoms with Crippen molar-refractivity contribution in [2.75, 3.05) is 13.7 Å². The van der Waals surface area contributed by atoms with E-state index in [-0.39, 0.29) is 10.6 Å². The first-order valence-corrected chi connectivity index (χ1v) is 7.24. The topological polar surface area (TPSA) is 100 Å². The van der Waals surface area contributed by atoms with Gasteiger partial charge in [0.1, 0.15) is 5.82 Å². The standard InChI is InChI=1S/C10H20N4O3S/c1-5-10(2,3)8-12-13-9(18(11,15)16)14(8)6-7-17-4/h5-7H2,1-4H3,(H2,11,15,16). The summed E-state index contributed by atoms with van der Waals surface area (Å²) in [6, 6.07) is 0. The van der Waals surface area contributed by atoms with Crippen LogP contribution in [0.4, 0.5) is 0 Å². The Kier molecular flexibility index (Phi) is 4.46. The molecule has 0 amide bonds. The summed E-state index contributed by atoms with van der Waals surface area (Å²) in [5.74, 6) is 0.603. The fraction of sp³-hybridized carbons (Fsp3) is 0.800. The number of nitrogens with zero attached hydrogens (tertiary/aromatic N) is 3. The summed E-state index contributed by atoms with van der Waals surface area (Å²) in [4.78, 5) is 0. The first-order valence-electron chi connectivity index (χ1n) is 5.69. The average molecular weight is 276 g/mol. The van der Waals surface area contributed by atoms with Gasteiger partial charge >= 0.3 is 0 Å². The van der Waals surface area contributed by atoms with E-state index < -0.39 is 10.0 Å². The van der Waals surface area contributed by atoms with Crippen molar-refractivity contribution in [2.45, 2.75) is 44.3 Å². The number of rotatable bonds is 6. The van der Waals surface area contributed by atoms with Gasteiger partial charge in [-0.3, -0.25) is 4.57 Å². The number of hydrogen-bond acceptors (Lipinski definition) is 5. The molecule has 0 aliphatic carbocycles. The van der Waals surface area contributed by atoms with Crippen LogP contribution in [-0.4, -0.2) is 36.9 Å². The van der Waals surface area contributed by atoms with Crippen LogP contribution in [0.25, 0.3) is 0 Å². The van der Waals surface area contributed by atoms with Crippen molar-refractivity contribution in [3.05, 3.63) is 5.82 Å². The van der Waals surface area contributed by atoms with Gasteiger partial charge in [-0.2, -0.15) is 0 Å². The third-order valence-corrected chi connectivity index (χ3v) is 3.79. The molecule has 2 N–H and O–H groups in total. The predicted octanol–water partition coefficient (Wildman–Crippen LogP) is 0.260. The summed E-state index contributed by atoms with van der Waals surface area (Å²) in [7, 11) is -2.33. The van der Waals surface area contributed by atoms with Crippen molar-refractivity contribution < 1.29 is 13.2 Å². The highest BCUT2D eigenvalue weighted by molar-refractivity contribution is 7.89. The van der Waals surface area contributed by atoms with E-state index in [1.807, 2.05) is 20.8 Å². The Labute approximate surface area is 107 Å². The molecular formula is C10H20N4O3S. The molecule has 7 nitrogen and oxygen atoms in total. The van der Waals surface area contributed by atoms with E-state index in [1.165, 1.54) is 4.57 Å². The van der Waals surface area contributed by atoms with Crippen LogP contribution in [-0.2, 0) is 26.7 Å². The maximum atomic E-state index is 11.5. The molecule has 104 valence electrons. The zero-order valence-electron chi connectivity index (χ0n) is 11.2. The summed E-state index contributed by atoms with van der Waals surface area (Å²) in [5.41, 5.74) is -0.274. The molecule has 0 radical (unpaired) electrons. The maximum Gasteiger partial charge on any atom is 0.273 e. The van der Waals surface area contributed by atoms with Gasteiger partial charge in [-0.1, -0.05) is 20.8 Å². The van der Waals surface area contributed by atoms with Gasteiger partial charge in [-0.15, -0.1) is 10.2 Å². The van der Waals surface area contributed by atoms with Gasteiger partial charge in [0.2, 0.25) is 0 Å². The van der Waals surface area contributed by atoms with E-state index in [2.05, 4.69) is 10.2 Å². The number of nitrogens with two attached hydrogens (primary N) is 1. The maximum absolute atomic E-state index is 11.5. The fourth-order valence-electron chi connectivity index (χ4n) is 1.54. The SMILES string of the molecule is CCC(C)(C)c1nnc(S(N)(=O)=O)n1CCOC. The van der Waals surface area contributed by atoms with Gasteiger partial charge in [-0.25, -0.2) is 13.6 Å². The molecule has 1 aromatic heterocycles. The van der Waals surface area contributed by atoms with Gasteiger partial charge in [0, 0.05) is 19.1 Å². The van der Waals surface area contributed by atoms with E-state index in [1.54, 1.807) is 7.11 Å². The Balaban J connectivity index is 3.33. The summed E-state index contributed by atoms with van der Waals surface area (Å²) in [6.07, 6.45) is 0.808. The molecular weight excluding hydrogens is 256 g/mol. The summed E-state index contributed by atoms with van der Waals surface area (Å²) in [6.45, 7) is 6.69. The Morgan fingerprint density at radius 1 is 1.39 bits per heavy atom. The number of aromatic nitrogens is 3. The minimum absolute atomic E-state index is 0.212. The van der Waals surface area contributed by atoms with Crippen molar-refractivity contribution in [3.8, 4) is 0 Å². The third kappa shape index (κ3) is 3.06. The molecule has 1 rings (SSSR count). The Bertz CT molecular complexity index is 507. The molecule has 0 aliphatic rings. The highest BCUT2D eigenvalue weighted by Crippen LogP contribution is 2.26. The molecule has 0 unspecified atom stereocenters. The molecule has 0 spiro atoms. The lowest BCUT2D eigenvalue weighted by Gasteiger charge is -2.22. The van der Waals surface area contributed by atoms with E-state index in [9.17, 15) is 8.42 Å². The number of primary sulfonamides is 1. The molecule has 0 aromatic carbocycles. The van der Waals surface area contributed by atoms with Gasteiger partial charge in [-0.05, 0) is 6.42 Å². The summed E-state index contributed by atoms with van der Waals surface area (Å²) >= 11 is 0. The smallest absolute Gasteiger partial charge is 0.273 e. The zero-order chi connectivity index (χ0) is 14.0. The third-order valence-electron chi connectivity index (χ3n) is 2.98. The van der Waals surface area contributed by atoms with E-state index in [0.717, 1.165) is 6.42 Å². The normalized spacial score (nSPS) is 12.9. The lowest BCUT2D eigenvalue weighted by Crippen LogP contribution is -2.26. The molecule has 18 heavy (non-hydrogen) atoms. The van der Waals surface area contributed by atoms with Crippen molar-refractivity contribution in [1.29, 1.82) is 0 Å². The van der Waals surface area contributed by atoms with Gasteiger partial charge in [0.15, 0.2) is 0 Å². The number of ether oxygens (including phenoxy) is 1. The van der Waals surface area contributed by atoms with Crippen LogP contribution in [0.2, 0.25) is 0 Å². The lowest BCUT2D eigenvalue weighted by molar-refractivity contribution is 0.181. The monoisotopic (exact) mass is 276 g/mol. The molecule has 0 bridgehead atoms.